The lowest BCUT2D eigenvalue weighted by Crippen LogP contribution is -2.03. The van der Waals surface area contributed by atoms with Gasteiger partial charge in [-0.25, -0.2) is 9.97 Å². The maximum Gasteiger partial charge on any atom is 0.235 e. The van der Waals surface area contributed by atoms with E-state index in [9.17, 15) is 0 Å². The minimum absolute atomic E-state index is 0.654. The van der Waals surface area contributed by atoms with Crippen molar-refractivity contribution in [1.29, 1.82) is 0 Å². The fourth-order valence-electron chi connectivity index (χ4n) is 9.31. The molecule has 0 bridgehead atoms. The molecule has 0 unspecified atom stereocenters. The van der Waals surface area contributed by atoms with Crippen molar-refractivity contribution in [3.8, 4) is 22.9 Å². The van der Waals surface area contributed by atoms with Crippen LogP contribution in [0.2, 0.25) is 0 Å². The number of rotatable bonds is 3. The smallest absolute Gasteiger partial charge is 0.235 e. The van der Waals surface area contributed by atoms with E-state index in [0.29, 0.717) is 5.95 Å². The summed E-state index contributed by atoms with van der Waals surface area (Å²) in [5, 5.41) is 13.3. The first kappa shape index (κ1) is 30.9. The summed E-state index contributed by atoms with van der Waals surface area (Å²) in [5.41, 5.74) is 8.55. The maximum atomic E-state index is 5.53. The second kappa shape index (κ2) is 11.6. The van der Waals surface area contributed by atoms with Crippen molar-refractivity contribution in [3.05, 3.63) is 182 Å². The van der Waals surface area contributed by atoms with Gasteiger partial charge in [-0.2, -0.15) is 0 Å². The number of hydrogen-bond donors (Lipinski definition) is 0. The van der Waals surface area contributed by atoms with Gasteiger partial charge in [0.25, 0.3) is 0 Å². The van der Waals surface area contributed by atoms with E-state index in [-0.39, 0.29) is 0 Å². The van der Waals surface area contributed by atoms with Crippen molar-refractivity contribution in [2.24, 2.45) is 0 Å². The first-order valence-electron chi connectivity index (χ1n) is 19.3. The summed E-state index contributed by atoms with van der Waals surface area (Å²) in [5.74, 6) is 0.654. The molecule has 57 heavy (non-hydrogen) atoms. The van der Waals surface area contributed by atoms with Gasteiger partial charge in [-0.05, 0) is 82.2 Å². The van der Waals surface area contributed by atoms with Crippen LogP contribution in [-0.4, -0.2) is 19.1 Å². The highest BCUT2D eigenvalue weighted by Gasteiger charge is 2.23. The summed E-state index contributed by atoms with van der Waals surface area (Å²) >= 11 is 1.83. The van der Waals surface area contributed by atoms with Gasteiger partial charge in [0, 0.05) is 52.7 Å². The van der Waals surface area contributed by atoms with Gasteiger partial charge in [-0.15, -0.1) is 11.3 Å². The predicted molar refractivity (Wildman–Crippen MR) is 242 cm³/mol. The van der Waals surface area contributed by atoms with E-state index in [1.807, 2.05) is 11.3 Å². The van der Waals surface area contributed by atoms with E-state index in [4.69, 9.17) is 9.97 Å². The van der Waals surface area contributed by atoms with Gasteiger partial charge in [-0.1, -0.05) is 121 Å². The van der Waals surface area contributed by atoms with Gasteiger partial charge in [0.05, 0.1) is 39.0 Å². The minimum atomic E-state index is 0.654. The fraction of sp³-hybridized carbons (Fsp3) is 0. The van der Waals surface area contributed by atoms with Crippen molar-refractivity contribution in [3.63, 3.8) is 0 Å². The molecule has 4 heterocycles. The Morgan fingerprint density at radius 1 is 0.368 bits per heavy atom. The van der Waals surface area contributed by atoms with Crippen LogP contribution >= 0.6 is 11.3 Å². The summed E-state index contributed by atoms with van der Waals surface area (Å²) in [6, 6.07) is 66.0. The Hall–Kier alpha value is -7.34. The molecule has 13 rings (SSSR count). The fourth-order valence-corrected chi connectivity index (χ4v) is 10.5. The topological polar surface area (TPSA) is 35.6 Å². The van der Waals surface area contributed by atoms with Crippen molar-refractivity contribution in [1.82, 2.24) is 19.1 Å². The van der Waals surface area contributed by atoms with Crippen molar-refractivity contribution < 1.29 is 0 Å². The monoisotopic (exact) mass is 742 g/mol. The number of aromatic nitrogens is 4. The van der Waals surface area contributed by atoms with Crippen LogP contribution in [-0.2, 0) is 0 Å². The lowest BCUT2D eigenvalue weighted by atomic mass is 10.0. The molecule has 0 aliphatic carbocycles. The molecule has 13 aromatic rings. The normalized spacial score (nSPS) is 12.2. The Balaban J connectivity index is 1.14. The SMILES string of the molecule is c1ccc2cc3c(cc2c1)c1ccccc1n3-c1cccc2c1c1cc3ccccc3cc1n2-c1nc(-c2ccc3c(c2)sc2ccccc23)c2ccccc2n1. The molecule has 0 spiro atoms. The molecule has 4 nitrogen and oxygen atoms in total. The van der Waals surface area contributed by atoms with Gasteiger partial charge < -0.3 is 4.57 Å². The highest BCUT2D eigenvalue weighted by Crippen LogP contribution is 2.43. The molecular weight excluding hydrogens is 713 g/mol. The van der Waals surface area contributed by atoms with E-state index in [2.05, 4.69) is 191 Å². The zero-order valence-electron chi connectivity index (χ0n) is 30.5. The molecule has 0 fully saturated rings. The van der Waals surface area contributed by atoms with E-state index in [1.165, 1.54) is 68.9 Å². The second-order valence-corrected chi connectivity index (χ2v) is 16.1. The summed E-state index contributed by atoms with van der Waals surface area (Å²) in [6.45, 7) is 0. The predicted octanol–water partition coefficient (Wildman–Crippen LogP) is 14.2. The largest absolute Gasteiger partial charge is 0.309 e. The standard InChI is InChI=1S/C52H30N4S/c1-3-14-33-28-46-40(26-31(33)12-1)36-16-6-9-20-43(36)55(46)44-21-11-22-45-50(44)41-27-32-13-2-4-15-34(32)29-47(41)56(45)52-53-42-19-8-5-18-39(42)51(54-52)35-24-25-38-37-17-7-10-23-48(37)57-49(38)30-35/h1-30H. The molecular formula is C52H30N4S. The van der Waals surface area contributed by atoms with Gasteiger partial charge in [0.1, 0.15) is 0 Å². The number of nitrogens with zero attached hydrogens (tertiary/aromatic N) is 4. The summed E-state index contributed by atoms with van der Waals surface area (Å²) < 4.78 is 7.30. The lowest BCUT2D eigenvalue weighted by Gasteiger charge is -2.13. The highest BCUT2D eigenvalue weighted by molar-refractivity contribution is 7.25. The maximum absolute atomic E-state index is 5.53. The van der Waals surface area contributed by atoms with Crippen molar-refractivity contribution >= 4 is 108 Å². The van der Waals surface area contributed by atoms with Crippen LogP contribution in [0.15, 0.2) is 182 Å². The van der Waals surface area contributed by atoms with E-state index in [0.717, 1.165) is 44.3 Å². The minimum Gasteiger partial charge on any atom is -0.309 e. The first-order valence-corrected chi connectivity index (χ1v) is 20.1. The Kier molecular flexibility index (Phi) is 6.29. The molecule has 0 aliphatic heterocycles. The van der Waals surface area contributed by atoms with E-state index in [1.54, 1.807) is 0 Å². The summed E-state index contributed by atoms with van der Waals surface area (Å²) in [4.78, 5) is 10.9. The molecule has 4 aromatic heterocycles. The Labute approximate surface area is 330 Å². The van der Waals surface area contributed by atoms with E-state index < -0.39 is 0 Å². The molecule has 0 atom stereocenters. The zero-order valence-corrected chi connectivity index (χ0v) is 31.3. The Morgan fingerprint density at radius 2 is 0.982 bits per heavy atom. The van der Waals surface area contributed by atoms with Crippen LogP contribution in [0, 0.1) is 0 Å². The number of hydrogen-bond acceptors (Lipinski definition) is 3. The Morgan fingerprint density at radius 3 is 1.79 bits per heavy atom. The van der Waals surface area contributed by atoms with Crippen LogP contribution in [0.25, 0.3) is 119 Å². The molecule has 0 radical (unpaired) electrons. The number of thiophene rings is 1. The van der Waals surface area contributed by atoms with E-state index >= 15 is 0 Å². The summed E-state index contributed by atoms with van der Waals surface area (Å²) in [7, 11) is 0. The average molecular weight is 743 g/mol. The molecule has 5 heteroatoms. The lowest BCUT2D eigenvalue weighted by molar-refractivity contribution is 1.01. The highest BCUT2D eigenvalue weighted by atomic mass is 32.1. The second-order valence-electron chi connectivity index (χ2n) is 15.0. The van der Waals surface area contributed by atoms with Gasteiger partial charge in [-0.3, -0.25) is 4.57 Å². The molecule has 0 aliphatic rings. The molecule has 0 amide bonds. The van der Waals surface area contributed by atoms with Crippen LogP contribution < -0.4 is 0 Å². The zero-order chi connectivity index (χ0) is 37.2. The van der Waals surface area contributed by atoms with Gasteiger partial charge >= 0.3 is 0 Å². The summed E-state index contributed by atoms with van der Waals surface area (Å²) in [6.07, 6.45) is 0. The van der Waals surface area contributed by atoms with Crippen LogP contribution in [0.5, 0.6) is 0 Å². The third kappa shape index (κ3) is 4.43. The van der Waals surface area contributed by atoms with Crippen molar-refractivity contribution in [2.45, 2.75) is 0 Å². The molecule has 0 N–H and O–H groups in total. The van der Waals surface area contributed by atoms with Crippen LogP contribution in [0.3, 0.4) is 0 Å². The molecule has 0 saturated heterocycles. The molecule has 0 saturated carbocycles. The average Bonchev–Trinajstić information content (AvgIpc) is 3.91. The number of fused-ring (bicyclic) bond motifs is 12. The number of benzene rings is 9. The van der Waals surface area contributed by atoms with Gasteiger partial charge in [0.15, 0.2) is 0 Å². The molecule has 264 valence electrons. The molecule has 9 aromatic carbocycles. The van der Waals surface area contributed by atoms with Gasteiger partial charge in [0.2, 0.25) is 5.95 Å². The number of para-hydroxylation sites is 2. The Bertz CT molecular complexity index is 3830. The quantitative estimate of drug-likeness (QED) is 0.181. The first-order chi connectivity index (χ1) is 28.2. The third-order valence-electron chi connectivity index (χ3n) is 11.9. The van der Waals surface area contributed by atoms with Crippen LogP contribution in [0.1, 0.15) is 0 Å². The van der Waals surface area contributed by atoms with Crippen molar-refractivity contribution in [2.75, 3.05) is 0 Å². The third-order valence-corrected chi connectivity index (χ3v) is 13.0. The van der Waals surface area contributed by atoms with Crippen LogP contribution in [0.4, 0.5) is 0 Å².